The summed E-state index contributed by atoms with van der Waals surface area (Å²) in [6, 6.07) is 0.533. The maximum Gasteiger partial charge on any atom is 0.132 e. The Morgan fingerprint density at radius 2 is 2.05 bits per heavy atom. The summed E-state index contributed by atoms with van der Waals surface area (Å²) in [5, 5.41) is 4.40. The van der Waals surface area contributed by atoms with Gasteiger partial charge in [0, 0.05) is 29.8 Å². The zero-order valence-electron chi connectivity index (χ0n) is 13.4. The third kappa shape index (κ3) is 2.57. The first-order valence-electron chi connectivity index (χ1n) is 7.82. The first-order chi connectivity index (χ1) is 9.91. The molecule has 0 amide bonds. The fourth-order valence-electron chi connectivity index (χ4n) is 2.73. The molecule has 3 rings (SSSR count). The van der Waals surface area contributed by atoms with Crippen LogP contribution in [0.2, 0.25) is 0 Å². The molecule has 1 aliphatic rings. The van der Waals surface area contributed by atoms with Crippen LogP contribution < -0.4 is 5.73 Å². The number of aromatic nitrogens is 4. The van der Waals surface area contributed by atoms with E-state index < -0.39 is 0 Å². The molecule has 0 saturated heterocycles. The number of hydrogen-bond donors (Lipinski definition) is 1. The number of nitrogens with zero attached hydrogens (tertiary/aromatic N) is 4. The number of imidazole rings is 1. The van der Waals surface area contributed by atoms with Crippen LogP contribution in [0.4, 0.5) is 5.82 Å². The van der Waals surface area contributed by atoms with Crippen molar-refractivity contribution in [1.29, 1.82) is 0 Å². The Bertz CT molecular complexity index is 640. The van der Waals surface area contributed by atoms with Crippen LogP contribution in [0.3, 0.4) is 0 Å². The highest BCUT2D eigenvalue weighted by Crippen LogP contribution is 2.43. The van der Waals surface area contributed by atoms with Crippen LogP contribution in [-0.2, 0) is 12.0 Å². The Morgan fingerprint density at radius 1 is 1.33 bits per heavy atom. The van der Waals surface area contributed by atoms with E-state index in [2.05, 4.69) is 37.4 Å². The molecule has 0 radical (unpaired) electrons. The molecular formula is C16H25N5. The Labute approximate surface area is 126 Å². The highest BCUT2D eigenvalue weighted by Gasteiger charge is 2.34. The number of aryl methyl sites for hydroxylation is 1. The van der Waals surface area contributed by atoms with Crippen molar-refractivity contribution >= 4 is 5.82 Å². The van der Waals surface area contributed by atoms with E-state index in [0.717, 1.165) is 35.9 Å². The predicted molar refractivity (Wildman–Crippen MR) is 85.1 cm³/mol. The van der Waals surface area contributed by atoms with E-state index in [1.165, 1.54) is 12.8 Å². The average molecular weight is 287 g/mol. The second kappa shape index (κ2) is 4.90. The Balaban J connectivity index is 2.06. The van der Waals surface area contributed by atoms with Crippen LogP contribution >= 0.6 is 0 Å². The van der Waals surface area contributed by atoms with Crippen molar-refractivity contribution in [1.82, 2.24) is 19.3 Å². The maximum absolute atomic E-state index is 6.42. The molecule has 114 valence electrons. The van der Waals surface area contributed by atoms with Crippen molar-refractivity contribution in [3.8, 4) is 11.3 Å². The summed E-state index contributed by atoms with van der Waals surface area (Å²) in [6.07, 6.45) is 7.40. The van der Waals surface area contributed by atoms with Gasteiger partial charge in [0.2, 0.25) is 0 Å². The lowest BCUT2D eigenvalue weighted by Crippen LogP contribution is -2.19. The third-order valence-corrected chi connectivity index (χ3v) is 3.89. The van der Waals surface area contributed by atoms with E-state index in [0.29, 0.717) is 6.04 Å². The zero-order valence-corrected chi connectivity index (χ0v) is 13.4. The smallest absolute Gasteiger partial charge is 0.132 e. The molecule has 2 N–H and O–H groups in total. The van der Waals surface area contributed by atoms with E-state index in [4.69, 9.17) is 10.7 Å². The molecule has 0 atom stereocenters. The van der Waals surface area contributed by atoms with Gasteiger partial charge in [0.25, 0.3) is 0 Å². The molecule has 1 saturated carbocycles. The lowest BCUT2D eigenvalue weighted by molar-refractivity contribution is 0.504. The summed E-state index contributed by atoms with van der Waals surface area (Å²) in [5.41, 5.74) is 8.32. The van der Waals surface area contributed by atoms with Crippen LogP contribution in [0.25, 0.3) is 11.3 Å². The molecular weight excluding hydrogens is 262 g/mol. The van der Waals surface area contributed by atoms with Gasteiger partial charge >= 0.3 is 0 Å². The Hall–Kier alpha value is -1.78. The number of rotatable bonds is 4. The first kappa shape index (κ1) is 14.2. The van der Waals surface area contributed by atoms with Crippen molar-refractivity contribution in [2.75, 3.05) is 5.73 Å². The molecule has 1 aliphatic carbocycles. The van der Waals surface area contributed by atoms with Gasteiger partial charge < -0.3 is 10.3 Å². The monoisotopic (exact) mass is 287 g/mol. The standard InChI is InChI=1S/C16H25N5/c1-5-8-20-10-11(9-18-20)13-14(17)21(12-6-7-12)15(19-13)16(2,3)4/h9-10,12H,5-8,17H2,1-4H3. The maximum atomic E-state index is 6.42. The normalized spacial score (nSPS) is 15.6. The molecule has 2 aromatic rings. The topological polar surface area (TPSA) is 61.7 Å². The molecule has 5 nitrogen and oxygen atoms in total. The number of nitrogen functional groups attached to an aromatic ring is 1. The molecule has 0 aromatic carbocycles. The average Bonchev–Trinajstić information content (AvgIpc) is 3.02. The Morgan fingerprint density at radius 3 is 2.62 bits per heavy atom. The summed E-state index contributed by atoms with van der Waals surface area (Å²) in [5.74, 6) is 1.87. The van der Waals surface area contributed by atoms with Gasteiger partial charge in [-0.15, -0.1) is 0 Å². The van der Waals surface area contributed by atoms with Crippen LogP contribution in [0.5, 0.6) is 0 Å². The minimum atomic E-state index is -0.00558. The van der Waals surface area contributed by atoms with Gasteiger partial charge in [-0.05, 0) is 19.3 Å². The highest BCUT2D eigenvalue weighted by molar-refractivity contribution is 5.70. The van der Waals surface area contributed by atoms with E-state index in [1.54, 1.807) is 0 Å². The zero-order chi connectivity index (χ0) is 15.2. The fourth-order valence-corrected chi connectivity index (χ4v) is 2.73. The molecule has 0 aliphatic heterocycles. The van der Waals surface area contributed by atoms with Crippen molar-refractivity contribution in [3.05, 3.63) is 18.2 Å². The van der Waals surface area contributed by atoms with Gasteiger partial charge in [-0.3, -0.25) is 4.68 Å². The van der Waals surface area contributed by atoms with Crippen LogP contribution in [-0.4, -0.2) is 19.3 Å². The van der Waals surface area contributed by atoms with Gasteiger partial charge in [-0.2, -0.15) is 5.10 Å². The van der Waals surface area contributed by atoms with Gasteiger partial charge in [-0.1, -0.05) is 27.7 Å². The van der Waals surface area contributed by atoms with Crippen molar-refractivity contribution in [3.63, 3.8) is 0 Å². The van der Waals surface area contributed by atoms with Gasteiger partial charge in [0.05, 0.1) is 6.20 Å². The van der Waals surface area contributed by atoms with Crippen LogP contribution in [0, 0.1) is 0 Å². The van der Waals surface area contributed by atoms with Crippen LogP contribution in [0.1, 0.15) is 58.8 Å². The largest absolute Gasteiger partial charge is 0.383 e. The molecule has 0 bridgehead atoms. The van der Waals surface area contributed by atoms with Crippen molar-refractivity contribution in [2.45, 2.75) is 65.0 Å². The number of hydrogen-bond acceptors (Lipinski definition) is 3. The highest BCUT2D eigenvalue weighted by atomic mass is 15.3. The minimum Gasteiger partial charge on any atom is -0.383 e. The van der Waals surface area contributed by atoms with E-state index >= 15 is 0 Å². The summed E-state index contributed by atoms with van der Waals surface area (Å²) < 4.78 is 4.20. The SMILES string of the molecule is CCCn1cc(-c2nc(C(C)(C)C)n(C3CC3)c2N)cn1. The van der Waals surface area contributed by atoms with Crippen LogP contribution in [0.15, 0.2) is 12.4 Å². The molecule has 2 aromatic heterocycles. The minimum absolute atomic E-state index is 0.00558. The molecule has 2 heterocycles. The lowest BCUT2D eigenvalue weighted by atomic mass is 9.95. The summed E-state index contributed by atoms with van der Waals surface area (Å²) >= 11 is 0. The quantitative estimate of drug-likeness (QED) is 0.937. The molecule has 1 fully saturated rings. The van der Waals surface area contributed by atoms with E-state index in [9.17, 15) is 0 Å². The third-order valence-electron chi connectivity index (χ3n) is 3.89. The predicted octanol–water partition coefficient (Wildman–Crippen LogP) is 3.37. The second-order valence-electron chi connectivity index (χ2n) is 7.01. The van der Waals surface area contributed by atoms with Gasteiger partial charge in [-0.25, -0.2) is 4.98 Å². The van der Waals surface area contributed by atoms with Crippen molar-refractivity contribution < 1.29 is 0 Å². The fraction of sp³-hybridized carbons (Fsp3) is 0.625. The van der Waals surface area contributed by atoms with E-state index in [1.807, 2.05) is 17.1 Å². The summed E-state index contributed by atoms with van der Waals surface area (Å²) in [7, 11) is 0. The van der Waals surface area contributed by atoms with Gasteiger partial charge in [0.1, 0.15) is 17.3 Å². The number of anilines is 1. The molecule has 0 unspecified atom stereocenters. The van der Waals surface area contributed by atoms with Gasteiger partial charge in [0.15, 0.2) is 0 Å². The lowest BCUT2D eigenvalue weighted by Gasteiger charge is -2.20. The Kier molecular flexibility index (Phi) is 3.30. The number of nitrogens with two attached hydrogens (primary N) is 1. The summed E-state index contributed by atoms with van der Waals surface area (Å²) in [4.78, 5) is 4.87. The first-order valence-corrected chi connectivity index (χ1v) is 7.82. The molecule has 0 spiro atoms. The summed E-state index contributed by atoms with van der Waals surface area (Å²) in [6.45, 7) is 9.65. The van der Waals surface area contributed by atoms with E-state index in [-0.39, 0.29) is 5.41 Å². The second-order valence-corrected chi connectivity index (χ2v) is 7.01. The van der Waals surface area contributed by atoms with Crippen molar-refractivity contribution in [2.24, 2.45) is 0 Å². The molecule has 21 heavy (non-hydrogen) atoms. The molecule has 5 heteroatoms.